The molecule has 1 aliphatic heterocycles. The Labute approximate surface area is 156 Å². The summed E-state index contributed by atoms with van der Waals surface area (Å²) in [6.07, 6.45) is 11.9. The third-order valence-corrected chi connectivity index (χ3v) is 5.51. The Kier molecular flexibility index (Phi) is 5.51. The second kappa shape index (κ2) is 8.37. The molecule has 1 N–H and O–H groups in total. The van der Waals surface area contributed by atoms with Gasteiger partial charge in [0.2, 0.25) is 0 Å². The number of hydrogen-bond acceptors (Lipinski definition) is 1. The van der Waals surface area contributed by atoms with E-state index in [1.165, 1.54) is 54.3 Å². The number of fused-ring (bicyclic) bond motifs is 1. The fourth-order valence-corrected chi connectivity index (χ4v) is 4.05. The van der Waals surface area contributed by atoms with Crippen LogP contribution in [0.4, 0.5) is 0 Å². The lowest BCUT2D eigenvalue weighted by atomic mass is 9.95. The molecule has 0 amide bonds. The standard InChI is InChI=1S/C24H28N2/c1-3-10-20(11-4-1)22-13-9-17-26(19-22)16-8-2-5-12-21-18-25-24-15-7-6-14-23(21)24/h1,3-4,6-7,9-11,13-15,18,22,25H,2,5,8,12,16-17,19H2. The molecule has 1 aliphatic rings. The lowest BCUT2D eigenvalue weighted by Crippen LogP contribution is -2.32. The van der Waals surface area contributed by atoms with Gasteiger partial charge < -0.3 is 4.98 Å². The van der Waals surface area contributed by atoms with Crippen LogP contribution in [0, 0.1) is 0 Å². The van der Waals surface area contributed by atoms with E-state index in [1.54, 1.807) is 0 Å². The van der Waals surface area contributed by atoms with Gasteiger partial charge in [-0.15, -0.1) is 0 Å². The molecule has 0 spiro atoms. The number of hydrogen-bond donors (Lipinski definition) is 1. The number of benzene rings is 2. The second-order valence-electron chi connectivity index (χ2n) is 7.38. The van der Waals surface area contributed by atoms with Crippen molar-refractivity contribution in [1.82, 2.24) is 9.88 Å². The van der Waals surface area contributed by atoms with E-state index in [1.807, 2.05) is 0 Å². The van der Waals surface area contributed by atoms with Crippen molar-refractivity contribution in [3.8, 4) is 0 Å². The Hall–Kier alpha value is -2.32. The molecule has 2 aromatic carbocycles. The van der Waals surface area contributed by atoms with Crippen molar-refractivity contribution in [2.45, 2.75) is 31.6 Å². The molecule has 0 fully saturated rings. The maximum absolute atomic E-state index is 3.39. The van der Waals surface area contributed by atoms with Crippen LogP contribution in [-0.4, -0.2) is 29.5 Å². The average molecular weight is 345 g/mol. The molecule has 26 heavy (non-hydrogen) atoms. The van der Waals surface area contributed by atoms with Gasteiger partial charge in [0.05, 0.1) is 0 Å². The summed E-state index contributed by atoms with van der Waals surface area (Å²) in [6, 6.07) is 19.5. The van der Waals surface area contributed by atoms with Crippen molar-refractivity contribution in [3.63, 3.8) is 0 Å². The van der Waals surface area contributed by atoms with Gasteiger partial charge >= 0.3 is 0 Å². The van der Waals surface area contributed by atoms with E-state index in [4.69, 9.17) is 0 Å². The van der Waals surface area contributed by atoms with Crippen LogP contribution in [0.1, 0.15) is 36.3 Å². The smallest absolute Gasteiger partial charge is 0.0456 e. The Bertz CT molecular complexity index is 847. The predicted molar refractivity (Wildman–Crippen MR) is 111 cm³/mol. The van der Waals surface area contributed by atoms with Crippen LogP contribution in [0.2, 0.25) is 0 Å². The molecule has 1 aromatic heterocycles. The molecule has 0 saturated carbocycles. The molecule has 0 bridgehead atoms. The van der Waals surface area contributed by atoms with E-state index >= 15 is 0 Å². The lowest BCUT2D eigenvalue weighted by Gasteiger charge is -2.29. The minimum atomic E-state index is 0.552. The highest BCUT2D eigenvalue weighted by Gasteiger charge is 2.16. The first-order chi connectivity index (χ1) is 12.9. The van der Waals surface area contributed by atoms with Gasteiger partial charge in [-0.2, -0.15) is 0 Å². The van der Waals surface area contributed by atoms with Gasteiger partial charge in [0.25, 0.3) is 0 Å². The molecule has 0 radical (unpaired) electrons. The average Bonchev–Trinajstić information content (AvgIpc) is 3.12. The maximum atomic E-state index is 3.39. The van der Waals surface area contributed by atoms with Crippen molar-refractivity contribution in [2.75, 3.05) is 19.6 Å². The minimum absolute atomic E-state index is 0.552. The first-order valence-electron chi connectivity index (χ1n) is 9.89. The molecule has 1 atom stereocenters. The van der Waals surface area contributed by atoms with Gasteiger partial charge in [-0.25, -0.2) is 0 Å². The lowest BCUT2D eigenvalue weighted by molar-refractivity contribution is 0.277. The first-order valence-corrected chi connectivity index (χ1v) is 9.89. The largest absolute Gasteiger partial charge is 0.361 e. The summed E-state index contributed by atoms with van der Waals surface area (Å²) in [5.41, 5.74) is 4.16. The molecular formula is C24H28N2. The zero-order valence-electron chi connectivity index (χ0n) is 15.4. The Morgan fingerprint density at radius 3 is 2.69 bits per heavy atom. The third kappa shape index (κ3) is 4.08. The maximum Gasteiger partial charge on any atom is 0.0456 e. The molecule has 2 heterocycles. The summed E-state index contributed by atoms with van der Waals surface area (Å²) in [6.45, 7) is 3.47. The highest BCUT2D eigenvalue weighted by atomic mass is 15.1. The fourth-order valence-electron chi connectivity index (χ4n) is 4.05. The van der Waals surface area contributed by atoms with Crippen LogP contribution >= 0.6 is 0 Å². The molecule has 0 saturated heterocycles. The number of aromatic amines is 1. The molecule has 1 unspecified atom stereocenters. The van der Waals surface area contributed by atoms with E-state index in [0.29, 0.717) is 5.92 Å². The van der Waals surface area contributed by atoms with Gasteiger partial charge in [0.1, 0.15) is 0 Å². The van der Waals surface area contributed by atoms with Crippen LogP contribution < -0.4 is 0 Å². The topological polar surface area (TPSA) is 19.0 Å². The number of aromatic nitrogens is 1. The van der Waals surface area contributed by atoms with E-state index in [2.05, 4.69) is 82.8 Å². The highest BCUT2D eigenvalue weighted by Crippen LogP contribution is 2.23. The van der Waals surface area contributed by atoms with Crippen molar-refractivity contribution in [3.05, 3.63) is 84.1 Å². The summed E-state index contributed by atoms with van der Waals surface area (Å²) in [5.74, 6) is 0.552. The molecule has 0 aliphatic carbocycles. The summed E-state index contributed by atoms with van der Waals surface area (Å²) in [4.78, 5) is 5.99. The van der Waals surface area contributed by atoms with Gasteiger partial charge in [-0.1, -0.05) is 67.1 Å². The summed E-state index contributed by atoms with van der Waals surface area (Å²) in [5, 5.41) is 1.39. The molecule has 134 valence electrons. The van der Waals surface area contributed by atoms with Crippen molar-refractivity contribution >= 4 is 10.9 Å². The van der Waals surface area contributed by atoms with Crippen molar-refractivity contribution in [1.29, 1.82) is 0 Å². The Morgan fingerprint density at radius 2 is 1.77 bits per heavy atom. The van der Waals surface area contributed by atoms with Crippen LogP contribution in [0.3, 0.4) is 0 Å². The molecule has 2 nitrogen and oxygen atoms in total. The van der Waals surface area contributed by atoms with E-state index in [-0.39, 0.29) is 0 Å². The van der Waals surface area contributed by atoms with Crippen LogP contribution in [0.5, 0.6) is 0 Å². The van der Waals surface area contributed by atoms with Gasteiger partial charge in [0.15, 0.2) is 0 Å². The van der Waals surface area contributed by atoms with E-state index < -0.39 is 0 Å². The SMILES string of the molecule is C1=CC(c2ccccc2)CN(CCCCCc2c[nH]c3ccccc23)C1. The van der Waals surface area contributed by atoms with Gasteiger partial charge in [-0.05, 0) is 43.0 Å². The molecule has 3 aromatic rings. The monoisotopic (exact) mass is 344 g/mol. The first kappa shape index (κ1) is 17.1. The number of unbranched alkanes of at least 4 members (excludes halogenated alkanes) is 2. The van der Waals surface area contributed by atoms with Crippen LogP contribution in [0.15, 0.2) is 72.9 Å². The Morgan fingerprint density at radius 1 is 0.923 bits per heavy atom. The quantitative estimate of drug-likeness (QED) is 0.441. The second-order valence-corrected chi connectivity index (χ2v) is 7.38. The third-order valence-electron chi connectivity index (χ3n) is 5.51. The fraction of sp³-hybridized carbons (Fsp3) is 0.333. The number of aryl methyl sites for hydroxylation is 1. The molecule has 4 rings (SSSR count). The number of H-pyrrole nitrogens is 1. The number of nitrogens with one attached hydrogen (secondary N) is 1. The molecular weight excluding hydrogens is 316 g/mol. The highest BCUT2D eigenvalue weighted by molar-refractivity contribution is 5.82. The van der Waals surface area contributed by atoms with Gasteiger partial charge in [0, 0.05) is 36.1 Å². The number of para-hydroxylation sites is 1. The summed E-state index contributed by atoms with van der Waals surface area (Å²) < 4.78 is 0. The molecule has 2 heteroatoms. The normalized spacial score (nSPS) is 17.8. The van der Waals surface area contributed by atoms with Crippen molar-refractivity contribution < 1.29 is 0 Å². The number of nitrogens with zero attached hydrogens (tertiary/aromatic N) is 1. The predicted octanol–water partition coefficient (Wildman–Crippen LogP) is 5.54. The zero-order chi connectivity index (χ0) is 17.6. The van der Waals surface area contributed by atoms with Crippen molar-refractivity contribution in [2.24, 2.45) is 0 Å². The minimum Gasteiger partial charge on any atom is -0.361 e. The number of rotatable bonds is 7. The van der Waals surface area contributed by atoms with Crippen LogP contribution in [0.25, 0.3) is 10.9 Å². The zero-order valence-corrected chi connectivity index (χ0v) is 15.4. The van der Waals surface area contributed by atoms with Gasteiger partial charge in [-0.3, -0.25) is 4.90 Å². The Balaban J connectivity index is 1.21. The summed E-state index contributed by atoms with van der Waals surface area (Å²) in [7, 11) is 0. The summed E-state index contributed by atoms with van der Waals surface area (Å²) >= 11 is 0. The van der Waals surface area contributed by atoms with Crippen LogP contribution in [-0.2, 0) is 6.42 Å². The van der Waals surface area contributed by atoms with E-state index in [0.717, 1.165) is 13.1 Å². The van der Waals surface area contributed by atoms with E-state index in [9.17, 15) is 0 Å².